The van der Waals surface area contributed by atoms with Gasteiger partial charge in [-0.25, -0.2) is 0 Å². The predicted octanol–water partition coefficient (Wildman–Crippen LogP) is -0.664. The first-order valence-corrected chi connectivity index (χ1v) is 2.48. The first kappa shape index (κ1) is 10.2. The van der Waals surface area contributed by atoms with E-state index in [2.05, 4.69) is 4.74 Å². The van der Waals surface area contributed by atoms with Crippen LogP contribution in [0.2, 0.25) is 0 Å². The minimum absolute atomic E-state index is 0.318. The molecular formula is C3H3FN2O6. The van der Waals surface area contributed by atoms with Crippen molar-refractivity contribution >= 4 is 6.47 Å². The van der Waals surface area contributed by atoms with Crippen molar-refractivity contribution in [1.82, 2.24) is 0 Å². The highest BCUT2D eigenvalue weighted by atomic mass is 19.2. The molecule has 0 bridgehead atoms. The van der Waals surface area contributed by atoms with Crippen LogP contribution in [0, 0.1) is 20.2 Å². The zero-order valence-corrected chi connectivity index (χ0v) is 5.51. The van der Waals surface area contributed by atoms with E-state index in [0.717, 1.165) is 0 Å². The zero-order valence-electron chi connectivity index (χ0n) is 5.51. The molecule has 0 aromatic heterocycles. The van der Waals surface area contributed by atoms with E-state index in [-0.39, 0.29) is 6.47 Å². The number of rotatable bonds is 5. The first-order valence-electron chi connectivity index (χ1n) is 2.48. The summed E-state index contributed by atoms with van der Waals surface area (Å²) in [7, 11) is 0. The first-order chi connectivity index (χ1) is 5.45. The third-order valence-corrected chi connectivity index (χ3v) is 0.895. The van der Waals surface area contributed by atoms with Gasteiger partial charge in [-0.15, -0.1) is 0 Å². The van der Waals surface area contributed by atoms with Crippen LogP contribution in [-0.4, -0.2) is 28.8 Å². The molecule has 0 radical (unpaired) electrons. The van der Waals surface area contributed by atoms with Crippen molar-refractivity contribution in [3.63, 3.8) is 0 Å². The van der Waals surface area contributed by atoms with Crippen LogP contribution in [-0.2, 0) is 9.53 Å². The van der Waals surface area contributed by atoms with E-state index < -0.39 is 22.4 Å². The maximum atomic E-state index is 12.5. The molecule has 0 fully saturated rings. The number of alkyl halides is 1. The monoisotopic (exact) mass is 182 g/mol. The summed E-state index contributed by atoms with van der Waals surface area (Å²) < 4.78 is 16.1. The summed E-state index contributed by atoms with van der Waals surface area (Å²) in [5.74, 6) is -3.96. The molecule has 0 aliphatic heterocycles. The van der Waals surface area contributed by atoms with E-state index in [1.807, 2.05) is 0 Å². The van der Waals surface area contributed by atoms with Crippen molar-refractivity contribution < 1.29 is 23.8 Å². The van der Waals surface area contributed by atoms with Crippen molar-refractivity contribution in [1.29, 1.82) is 0 Å². The number of hydrogen-bond acceptors (Lipinski definition) is 6. The van der Waals surface area contributed by atoms with Crippen LogP contribution in [0.25, 0.3) is 0 Å². The summed E-state index contributed by atoms with van der Waals surface area (Å²) in [6, 6.07) is 0. The van der Waals surface area contributed by atoms with Crippen LogP contribution in [0.3, 0.4) is 0 Å². The number of halogens is 1. The predicted molar refractivity (Wildman–Crippen MR) is 29.8 cm³/mol. The minimum Gasteiger partial charge on any atom is -0.448 e. The molecule has 0 rings (SSSR count). The Labute approximate surface area is 64.2 Å². The number of ether oxygens (including phenoxy) is 1. The largest absolute Gasteiger partial charge is 0.648 e. The summed E-state index contributed by atoms with van der Waals surface area (Å²) in [5, 5.41) is 19.5. The molecule has 0 aliphatic rings. The van der Waals surface area contributed by atoms with Gasteiger partial charge in [-0.05, 0) is 0 Å². The lowest BCUT2D eigenvalue weighted by molar-refractivity contribution is -0.832. The summed E-state index contributed by atoms with van der Waals surface area (Å²) in [4.78, 5) is 25.4. The average Bonchev–Trinajstić information content (AvgIpc) is 1.99. The Morgan fingerprint density at radius 2 is 1.83 bits per heavy atom. The van der Waals surface area contributed by atoms with Gasteiger partial charge in [0.1, 0.15) is 9.85 Å². The van der Waals surface area contributed by atoms with E-state index in [9.17, 15) is 29.4 Å². The quantitative estimate of drug-likeness (QED) is 0.183. The van der Waals surface area contributed by atoms with E-state index in [1.165, 1.54) is 0 Å². The average molecular weight is 182 g/mol. The van der Waals surface area contributed by atoms with Gasteiger partial charge in [0.15, 0.2) is 0 Å². The third kappa shape index (κ3) is 1.84. The van der Waals surface area contributed by atoms with Crippen LogP contribution in [0.5, 0.6) is 0 Å². The molecule has 0 unspecified atom stereocenters. The lowest BCUT2D eigenvalue weighted by atomic mass is 10.5. The molecule has 0 saturated carbocycles. The van der Waals surface area contributed by atoms with Crippen molar-refractivity contribution in [3.8, 4) is 0 Å². The summed E-state index contributed by atoms with van der Waals surface area (Å²) >= 11 is 0. The third-order valence-electron chi connectivity index (χ3n) is 0.895. The fourth-order valence-corrected chi connectivity index (χ4v) is 0.312. The molecule has 0 heterocycles. The number of carbonyl (C=O) groups is 1. The molecule has 0 aliphatic carbocycles. The smallest absolute Gasteiger partial charge is 0.448 e. The van der Waals surface area contributed by atoms with Gasteiger partial charge in [0.2, 0.25) is 0 Å². The summed E-state index contributed by atoms with van der Waals surface area (Å²) in [6.45, 7) is -1.86. The van der Waals surface area contributed by atoms with Gasteiger partial charge in [0, 0.05) is 0 Å². The molecule has 8 nitrogen and oxygen atoms in total. The molecule has 0 amide bonds. The molecule has 9 heteroatoms. The molecular weight excluding hydrogens is 179 g/mol. The minimum atomic E-state index is -3.96. The van der Waals surface area contributed by atoms with Crippen LogP contribution < -0.4 is 0 Å². The normalized spacial score (nSPS) is 10.4. The molecule has 68 valence electrons. The Morgan fingerprint density at radius 3 is 2.08 bits per heavy atom. The Kier molecular flexibility index (Phi) is 3.02. The lowest BCUT2D eigenvalue weighted by Gasteiger charge is -2.05. The van der Waals surface area contributed by atoms with Crippen molar-refractivity contribution in [2.75, 3.05) is 6.61 Å². The fraction of sp³-hybridized carbons (Fsp3) is 0.667. The van der Waals surface area contributed by atoms with Crippen molar-refractivity contribution in [2.45, 2.75) is 5.92 Å². The number of nitrogens with zero attached hydrogens (tertiary/aromatic N) is 2. The molecule has 0 N–H and O–H groups in total. The van der Waals surface area contributed by atoms with Gasteiger partial charge in [-0.1, -0.05) is 4.39 Å². The van der Waals surface area contributed by atoms with Gasteiger partial charge >= 0.3 is 5.92 Å². The fourth-order valence-electron chi connectivity index (χ4n) is 0.312. The van der Waals surface area contributed by atoms with Crippen LogP contribution in [0.15, 0.2) is 0 Å². The maximum Gasteiger partial charge on any atom is 0.648 e. The van der Waals surface area contributed by atoms with Gasteiger partial charge < -0.3 is 4.74 Å². The Morgan fingerprint density at radius 1 is 1.42 bits per heavy atom. The number of nitro groups is 2. The highest BCUT2D eigenvalue weighted by molar-refractivity contribution is 5.36. The Hall–Kier alpha value is -1.80. The Bertz CT molecular complexity index is 203. The summed E-state index contributed by atoms with van der Waals surface area (Å²) in [6.07, 6.45) is 0. The second-order valence-electron chi connectivity index (χ2n) is 1.64. The molecule has 12 heavy (non-hydrogen) atoms. The van der Waals surface area contributed by atoms with Crippen molar-refractivity contribution in [2.24, 2.45) is 0 Å². The molecule has 0 aromatic carbocycles. The molecule has 0 saturated heterocycles. The highest BCUT2D eigenvalue weighted by Gasteiger charge is 2.59. The number of carbonyl (C=O) groups excluding carboxylic acids is 1. The highest BCUT2D eigenvalue weighted by Crippen LogP contribution is 2.12. The zero-order chi connectivity index (χ0) is 9.78. The van der Waals surface area contributed by atoms with E-state index >= 15 is 0 Å². The summed E-state index contributed by atoms with van der Waals surface area (Å²) in [5.41, 5.74) is 0. The van der Waals surface area contributed by atoms with Gasteiger partial charge in [-0.2, -0.15) is 0 Å². The second-order valence-corrected chi connectivity index (χ2v) is 1.64. The maximum absolute atomic E-state index is 12.5. The van der Waals surface area contributed by atoms with Gasteiger partial charge in [-0.3, -0.25) is 25.0 Å². The number of hydrogen-bond donors (Lipinski definition) is 0. The van der Waals surface area contributed by atoms with Crippen LogP contribution in [0.4, 0.5) is 4.39 Å². The van der Waals surface area contributed by atoms with E-state index in [0.29, 0.717) is 0 Å². The SMILES string of the molecule is O=COCC(F)([N+](=O)[O-])[N+](=O)[O-]. The lowest BCUT2D eigenvalue weighted by Crippen LogP contribution is -2.45. The second kappa shape index (κ2) is 3.55. The Balaban J connectivity index is 4.50. The van der Waals surface area contributed by atoms with Gasteiger partial charge in [0.25, 0.3) is 13.1 Å². The molecule has 0 atom stereocenters. The van der Waals surface area contributed by atoms with E-state index in [1.54, 1.807) is 0 Å². The topological polar surface area (TPSA) is 113 Å². The van der Waals surface area contributed by atoms with E-state index in [4.69, 9.17) is 0 Å². The van der Waals surface area contributed by atoms with Crippen molar-refractivity contribution in [3.05, 3.63) is 20.2 Å². The van der Waals surface area contributed by atoms with Crippen LogP contribution in [0.1, 0.15) is 0 Å². The van der Waals surface area contributed by atoms with Crippen LogP contribution >= 0.6 is 0 Å². The standard InChI is InChI=1S/C3H3FN2O6/c4-3(5(8)9,6(10)11)1-12-2-7/h2H,1H2. The molecule has 0 spiro atoms. The van der Waals surface area contributed by atoms with Gasteiger partial charge in [0.05, 0.1) is 0 Å². The molecule has 0 aromatic rings.